The van der Waals surface area contributed by atoms with E-state index in [2.05, 4.69) is 47.2 Å². The fourth-order valence-corrected chi connectivity index (χ4v) is 6.60. The Morgan fingerprint density at radius 2 is 1.75 bits per heavy atom. The zero-order valence-electron chi connectivity index (χ0n) is 19.8. The molecular formula is C27H39N3O2. The second-order valence-corrected chi connectivity index (χ2v) is 10.8. The molecule has 5 nitrogen and oxygen atoms in total. The van der Waals surface area contributed by atoms with E-state index in [1.807, 2.05) is 0 Å². The van der Waals surface area contributed by atoms with Gasteiger partial charge >= 0.3 is 0 Å². The average Bonchev–Trinajstić information content (AvgIpc) is 3.59. The van der Waals surface area contributed by atoms with Crippen molar-refractivity contribution >= 4 is 17.4 Å². The largest absolute Gasteiger partial charge is 0.369 e. The maximum Gasteiger partial charge on any atom is 0.234 e. The molecule has 32 heavy (non-hydrogen) atoms. The summed E-state index contributed by atoms with van der Waals surface area (Å²) in [4.78, 5) is 30.8. The van der Waals surface area contributed by atoms with Crippen LogP contribution in [0, 0.1) is 37.5 Å². The van der Waals surface area contributed by atoms with Crippen LogP contribution in [0.2, 0.25) is 0 Å². The van der Waals surface area contributed by atoms with Crippen molar-refractivity contribution in [3.05, 3.63) is 29.3 Å². The number of anilines is 1. The van der Waals surface area contributed by atoms with Crippen molar-refractivity contribution in [2.75, 3.05) is 37.6 Å². The maximum absolute atomic E-state index is 13.1. The number of benzene rings is 1. The third kappa shape index (κ3) is 4.46. The molecule has 174 valence electrons. The Kier molecular flexibility index (Phi) is 6.28. The Balaban J connectivity index is 1.17. The molecule has 1 heterocycles. The molecule has 0 spiro atoms. The lowest BCUT2D eigenvalue weighted by molar-refractivity contribution is -0.126. The summed E-state index contributed by atoms with van der Waals surface area (Å²) in [5, 5.41) is 3.38. The normalized spacial score (nSPS) is 30.8. The fourth-order valence-electron chi connectivity index (χ4n) is 6.60. The number of piperazine rings is 1. The van der Waals surface area contributed by atoms with Gasteiger partial charge in [-0.15, -0.1) is 0 Å². The van der Waals surface area contributed by atoms with Gasteiger partial charge in [0.25, 0.3) is 0 Å². The van der Waals surface area contributed by atoms with Crippen LogP contribution in [0.4, 0.5) is 5.69 Å². The van der Waals surface area contributed by atoms with E-state index >= 15 is 0 Å². The minimum Gasteiger partial charge on any atom is -0.369 e. The standard InChI is InChI=1S/C27H39N3O2/c1-18-6-5-9-24(19(18)2)30-14-12-29(13-15-30)17-25(31)28-26-22-8-4-3-7-21(22)16-23(26)27(32)20-10-11-20/h5-6,9,20-23,26H,3-4,7-8,10-17H2,1-2H3,(H,28,31). The first-order valence-corrected chi connectivity index (χ1v) is 12.9. The summed E-state index contributed by atoms with van der Waals surface area (Å²) >= 11 is 0. The quantitative estimate of drug-likeness (QED) is 0.737. The van der Waals surface area contributed by atoms with E-state index in [1.54, 1.807) is 0 Å². The van der Waals surface area contributed by atoms with E-state index in [4.69, 9.17) is 0 Å². The summed E-state index contributed by atoms with van der Waals surface area (Å²) in [7, 11) is 0. The SMILES string of the molecule is Cc1cccc(N2CCN(CC(=O)NC3C(C(=O)C4CC4)CC4CCCCC43)CC2)c1C. The number of Topliss-reactive ketones (excluding diaryl/α,β-unsaturated/α-hetero) is 1. The summed E-state index contributed by atoms with van der Waals surface area (Å²) in [5.41, 5.74) is 4.01. The van der Waals surface area contributed by atoms with Gasteiger partial charge in [-0.2, -0.15) is 0 Å². The smallest absolute Gasteiger partial charge is 0.234 e. The highest BCUT2D eigenvalue weighted by Gasteiger charge is 2.50. The van der Waals surface area contributed by atoms with Gasteiger partial charge in [-0.25, -0.2) is 0 Å². The van der Waals surface area contributed by atoms with E-state index in [9.17, 15) is 9.59 Å². The molecule has 1 aromatic carbocycles. The Morgan fingerprint density at radius 3 is 2.50 bits per heavy atom. The van der Waals surface area contributed by atoms with Gasteiger partial charge in [0.15, 0.2) is 0 Å². The molecule has 1 aromatic rings. The number of rotatable bonds is 6. The number of hydrogen-bond donors (Lipinski definition) is 1. The number of nitrogens with one attached hydrogen (secondary N) is 1. The van der Waals surface area contributed by atoms with Crippen molar-refractivity contribution in [1.82, 2.24) is 10.2 Å². The van der Waals surface area contributed by atoms with Gasteiger partial charge in [0.2, 0.25) is 5.91 Å². The highest BCUT2D eigenvalue weighted by Crippen LogP contribution is 2.48. The Hall–Kier alpha value is -1.88. The lowest BCUT2D eigenvalue weighted by Gasteiger charge is -2.37. The highest BCUT2D eigenvalue weighted by atomic mass is 16.2. The lowest BCUT2D eigenvalue weighted by atomic mass is 9.80. The molecule has 3 saturated carbocycles. The lowest BCUT2D eigenvalue weighted by Crippen LogP contribution is -2.52. The topological polar surface area (TPSA) is 52.6 Å². The van der Waals surface area contributed by atoms with Crippen molar-refractivity contribution in [1.29, 1.82) is 0 Å². The van der Waals surface area contributed by atoms with Crippen LogP contribution < -0.4 is 10.2 Å². The third-order valence-electron chi connectivity index (χ3n) is 8.75. The molecule has 4 atom stereocenters. The number of nitrogens with zero attached hydrogens (tertiary/aromatic N) is 2. The third-order valence-corrected chi connectivity index (χ3v) is 8.75. The van der Waals surface area contributed by atoms with Gasteiger partial charge < -0.3 is 10.2 Å². The van der Waals surface area contributed by atoms with Crippen LogP contribution >= 0.6 is 0 Å². The van der Waals surface area contributed by atoms with E-state index in [0.29, 0.717) is 24.2 Å². The maximum atomic E-state index is 13.1. The van der Waals surface area contributed by atoms with E-state index < -0.39 is 0 Å². The summed E-state index contributed by atoms with van der Waals surface area (Å²) in [6.07, 6.45) is 8.10. The molecule has 1 aliphatic heterocycles. The number of fused-ring (bicyclic) bond motifs is 1. The van der Waals surface area contributed by atoms with Crippen LogP contribution in [0.25, 0.3) is 0 Å². The number of carbonyl (C=O) groups excluding carboxylic acids is 2. The minimum atomic E-state index is 0.0701. The van der Waals surface area contributed by atoms with Gasteiger partial charge in [-0.3, -0.25) is 14.5 Å². The van der Waals surface area contributed by atoms with Crippen molar-refractivity contribution in [3.8, 4) is 0 Å². The number of amides is 1. The van der Waals surface area contributed by atoms with Gasteiger partial charge in [0.05, 0.1) is 6.54 Å². The molecule has 4 fully saturated rings. The second-order valence-electron chi connectivity index (χ2n) is 10.8. The first-order valence-electron chi connectivity index (χ1n) is 12.9. The summed E-state index contributed by atoms with van der Waals surface area (Å²) < 4.78 is 0. The van der Waals surface area contributed by atoms with Crippen LogP contribution in [-0.4, -0.2) is 55.4 Å². The Morgan fingerprint density at radius 1 is 1.00 bits per heavy atom. The van der Waals surface area contributed by atoms with Crippen molar-refractivity contribution in [2.45, 2.75) is 64.8 Å². The van der Waals surface area contributed by atoms with Gasteiger partial charge in [0.1, 0.15) is 5.78 Å². The van der Waals surface area contributed by atoms with Crippen LogP contribution in [0.3, 0.4) is 0 Å². The fraction of sp³-hybridized carbons (Fsp3) is 0.704. The molecule has 3 aliphatic carbocycles. The predicted molar refractivity (Wildman–Crippen MR) is 128 cm³/mol. The van der Waals surface area contributed by atoms with Crippen LogP contribution in [0.5, 0.6) is 0 Å². The van der Waals surface area contributed by atoms with Crippen molar-refractivity contribution in [3.63, 3.8) is 0 Å². The number of aryl methyl sites for hydroxylation is 1. The predicted octanol–water partition coefficient (Wildman–Crippen LogP) is 3.72. The molecule has 1 saturated heterocycles. The van der Waals surface area contributed by atoms with E-state index in [0.717, 1.165) is 45.4 Å². The molecule has 5 heteroatoms. The zero-order valence-corrected chi connectivity index (χ0v) is 19.8. The summed E-state index contributed by atoms with van der Waals surface area (Å²) in [6.45, 7) is 8.54. The first kappa shape index (κ1) is 21.9. The number of ketones is 1. The minimum absolute atomic E-state index is 0.0701. The molecule has 1 amide bonds. The molecule has 5 rings (SSSR count). The molecular weight excluding hydrogens is 398 g/mol. The number of carbonyl (C=O) groups is 2. The van der Waals surface area contributed by atoms with Crippen molar-refractivity contribution in [2.24, 2.45) is 23.7 Å². The molecule has 0 radical (unpaired) electrons. The summed E-state index contributed by atoms with van der Waals surface area (Å²) in [5.74, 6) is 2.09. The molecule has 0 aromatic heterocycles. The molecule has 4 unspecified atom stereocenters. The van der Waals surface area contributed by atoms with Gasteiger partial charge in [-0.1, -0.05) is 31.4 Å². The Labute approximate surface area is 192 Å². The Bertz CT molecular complexity index is 856. The van der Waals surface area contributed by atoms with Crippen LogP contribution in [0.1, 0.15) is 56.1 Å². The highest BCUT2D eigenvalue weighted by molar-refractivity contribution is 5.87. The van der Waals surface area contributed by atoms with Gasteiger partial charge in [0, 0.05) is 49.7 Å². The zero-order chi connectivity index (χ0) is 22.2. The monoisotopic (exact) mass is 437 g/mol. The average molecular weight is 438 g/mol. The summed E-state index contributed by atoms with van der Waals surface area (Å²) in [6, 6.07) is 6.59. The van der Waals surface area contributed by atoms with E-state index in [-0.39, 0.29) is 23.8 Å². The first-order chi connectivity index (χ1) is 15.5. The van der Waals surface area contributed by atoms with Crippen LogP contribution in [-0.2, 0) is 9.59 Å². The number of hydrogen-bond acceptors (Lipinski definition) is 4. The molecule has 1 N–H and O–H groups in total. The van der Waals surface area contributed by atoms with Crippen LogP contribution in [0.15, 0.2) is 18.2 Å². The van der Waals surface area contributed by atoms with E-state index in [1.165, 1.54) is 42.5 Å². The van der Waals surface area contributed by atoms with Gasteiger partial charge in [-0.05, 0) is 68.6 Å². The molecule has 4 aliphatic rings. The second kappa shape index (κ2) is 9.17. The van der Waals surface area contributed by atoms with Crippen molar-refractivity contribution < 1.29 is 9.59 Å². The molecule has 0 bridgehead atoms.